The zero-order valence-electron chi connectivity index (χ0n) is 14.1. The molecule has 1 unspecified atom stereocenters. The fraction of sp³-hybridized carbons (Fsp3) is 0.294. The predicted octanol–water partition coefficient (Wildman–Crippen LogP) is 2.99. The number of aryl methyl sites for hydroxylation is 1. The van der Waals surface area contributed by atoms with E-state index >= 15 is 0 Å². The summed E-state index contributed by atoms with van der Waals surface area (Å²) in [6.45, 7) is 3.30. The van der Waals surface area contributed by atoms with Crippen LogP contribution in [0.4, 0.5) is 0 Å². The van der Waals surface area contributed by atoms with Gasteiger partial charge in [-0.05, 0) is 44.0 Å². The second-order valence-electron chi connectivity index (χ2n) is 5.81. The van der Waals surface area contributed by atoms with Crippen molar-refractivity contribution >= 4 is 27.6 Å². The Kier molecular flexibility index (Phi) is 5.82. The SMILES string of the molecule is Cc1ncc(S(=O)(=O)N(C)C(C)Cc2ccc(Cl)cc2)cc1C(=O)O. The van der Waals surface area contributed by atoms with Gasteiger partial charge < -0.3 is 5.11 Å². The van der Waals surface area contributed by atoms with Crippen molar-refractivity contribution in [3.63, 3.8) is 0 Å². The molecule has 134 valence electrons. The van der Waals surface area contributed by atoms with Gasteiger partial charge in [0.15, 0.2) is 0 Å². The first-order valence-corrected chi connectivity index (χ1v) is 9.37. The Hall–Kier alpha value is -1.96. The lowest BCUT2D eigenvalue weighted by Gasteiger charge is -2.24. The number of carboxylic acids is 1. The summed E-state index contributed by atoms with van der Waals surface area (Å²) < 4.78 is 26.8. The molecule has 0 spiro atoms. The molecular weight excluding hydrogens is 364 g/mol. The van der Waals surface area contributed by atoms with Gasteiger partial charge in [-0.25, -0.2) is 13.2 Å². The summed E-state index contributed by atoms with van der Waals surface area (Å²) in [5.74, 6) is -1.21. The van der Waals surface area contributed by atoms with Gasteiger partial charge >= 0.3 is 5.97 Å². The van der Waals surface area contributed by atoms with E-state index in [0.29, 0.717) is 11.4 Å². The Balaban J connectivity index is 2.27. The second kappa shape index (κ2) is 7.51. The van der Waals surface area contributed by atoms with Crippen molar-refractivity contribution in [2.45, 2.75) is 31.2 Å². The molecule has 0 aliphatic rings. The van der Waals surface area contributed by atoms with Crippen molar-refractivity contribution in [2.24, 2.45) is 0 Å². The number of carbonyl (C=O) groups is 1. The third-order valence-electron chi connectivity index (χ3n) is 4.03. The second-order valence-corrected chi connectivity index (χ2v) is 8.24. The molecular formula is C17H19ClN2O4S. The monoisotopic (exact) mass is 382 g/mol. The number of rotatable bonds is 6. The number of aromatic nitrogens is 1. The van der Waals surface area contributed by atoms with E-state index < -0.39 is 16.0 Å². The molecule has 0 aliphatic heterocycles. The van der Waals surface area contributed by atoms with Gasteiger partial charge in [0.2, 0.25) is 10.0 Å². The van der Waals surface area contributed by atoms with Crippen LogP contribution in [-0.2, 0) is 16.4 Å². The van der Waals surface area contributed by atoms with Gasteiger partial charge in [0, 0.05) is 24.3 Å². The fourth-order valence-corrected chi connectivity index (χ4v) is 3.82. The van der Waals surface area contributed by atoms with Gasteiger partial charge in [0.25, 0.3) is 0 Å². The van der Waals surface area contributed by atoms with E-state index in [-0.39, 0.29) is 22.2 Å². The fourth-order valence-electron chi connectivity index (χ4n) is 2.36. The summed E-state index contributed by atoms with van der Waals surface area (Å²) in [6, 6.07) is 8.00. The van der Waals surface area contributed by atoms with Crippen LogP contribution in [0.3, 0.4) is 0 Å². The van der Waals surface area contributed by atoms with E-state index in [1.165, 1.54) is 24.5 Å². The maximum absolute atomic E-state index is 12.8. The number of carboxylic acid groups (broad SMARTS) is 1. The molecule has 0 radical (unpaired) electrons. The van der Waals surface area contributed by atoms with Crippen molar-refractivity contribution in [1.82, 2.24) is 9.29 Å². The minimum atomic E-state index is -3.86. The number of aromatic carboxylic acids is 1. The Labute approximate surface area is 152 Å². The van der Waals surface area contributed by atoms with Crippen molar-refractivity contribution < 1.29 is 18.3 Å². The number of nitrogens with zero attached hydrogens (tertiary/aromatic N) is 2. The van der Waals surface area contributed by atoms with Crippen LogP contribution in [-0.4, -0.2) is 41.9 Å². The summed E-state index contributed by atoms with van der Waals surface area (Å²) in [5, 5.41) is 9.78. The minimum Gasteiger partial charge on any atom is -0.478 e. The maximum atomic E-state index is 12.8. The van der Waals surface area contributed by atoms with Crippen LogP contribution < -0.4 is 0 Å². The molecule has 0 bridgehead atoms. The van der Waals surface area contributed by atoms with Crippen LogP contribution in [0.25, 0.3) is 0 Å². The molecule has 0 amide bonds. The summed E-state index contributed by atoms with van der Waals surface area (Å²) >= 11 is 5.86. The standard InChI is InChI=1S/C17H19ClN2O4S/c1-11(8-13-4-6-14(18)7-5-13)20(3)25(23,24)15-9-16(17(21)22)12(2)19-10-15/h4-7,9-11H,8H2,1-3H3,(H,21,22). The summed E-state index contributed by atoms with van der Waals surface area (Å²) in [4.78, 5) is 15.0. The van der Waals surface area contributed by atoms with Gasteiger partial charge in [-0.15, -0.1) is 0 Å². The Morgan fingerprint density at radius 1 is 1.32 bits per heavy atom. The normalized spacial score (nSPS) is 13.0. The van der Waals surface area contributed by atoms with Crippen LogP contribution >= 0.6 is 11.6 Å². The number of pyridine rings is 1. The molecule has 25 heavy (non-hydrogen) atoms. The van der Waals surface area contributed by atoms with Crippen LogP contribution in [0.1, 0.15) is 28.5 Å². The van der Waals surface area contributed by atoms with Gasteiger partial charge in [0.1, 0.15) is 4.90 Å². The van der Waals surface area contributed by atoms with E-state index in [2.05, 4.69) is 4.98 Å². The Bertz CT molecular complexity index is 882. The zero-order chi connectivity index (χ0) is 18.8. The maximum Gasteiger partial charge on any atom is 0.337 e. The van der Waals surface area contributed by atoms with Gasteiger partial charge in [-0.2, -0.15) is 4.31 Å². The highest BCUT2D eigenvalue weighted by Gasteiger charge is 2.27. The number of hydrogen-bond acceptors (Lipinski definition) is 4. The number of hydrogen-bond donors (Lipinski definition) is 1. The van der Waals surface area contributed by atoms with Crippen molar-refractivity contribution in [1.29, 1.82) is 0 Å². The van der Waals surface area contributed by atoms with E-state index in [0.717, 1.165) is 11.6 Å². The van der Waals surface area contributed by atoms with Crippen LogP contribution in [0.15, 0.2) is 41.4 Å². The first-order valence-electron chi connectivity index (χ1n) is 7.55. The summed E-state index contributed by atoms with van der Waals surface area (Å²) in [7, 11) is -2.39. The molecule has 1 aromatic heterocycles. The molecule has 6 nitrogen and oxygen atoms in total. The van der Waals surface area contributed by atoms with E-state index in [4.69, 9.17) is 16.7 Å². The Morgan fingerprint density at radius 3 is 2.48 bits per heavy atom. The molecule has 0 aliphatic carbocycles. The summed E-state index contributed by atoms with van der Waals surface area (Å²) in [6.07, 6.45) is 1.68. The average Bonchev–Trinajstić information content (AvgIpc) is 2.56. The van der Waals surface area contributed by atoms with E-state index in [1.54, 1.807) is 19.1 Å². The molecule has 1 N–H and O–H groups in total. The molecule has 1 heterocycles. The van der Waals surface area contributed by atoms with Crippen LogP contribution in [0.2, 0.25) is 5.02 Å². The molecule has 8 heteroatoms. The molecule has 0 fully saturated rings. The number of sulfonamides is 1. The third-order valence-corrected chi connectivity index (χ3v) is 6.22. The van der Waals surface area contributed by atoms with Crippen LogP contribution in [0.5, 0.6) is 0 Å². The molecule has 2 rings (SSSR count). The quantitative estimate of drug-likeness (QED) is 0.829. The highest BCUT2D eigenvalue weighted by Crippen LogP contribution is 2.21. The third kappa shape index (κ3) is 4.36. The molecule has 2 aromatic rings. The van der Waals surface area contributed by atoms with Gasteiger partial charge in [-0.1, -0.05) is 23.7 Å². The van der Waals surface area contributed by atoms with Crippen molar-refractivity contribution in [3.05, 3.63) is 58.4 Å². The van der Waals surface area contributed by atoms with Crippen molar-refractivity contribution in [2.75, 3.05) is 7.05 Å². The zero-order valence-corrected chi connectivity index (χ0v) is 15.7. The largest absolute Gasteiger partial charge is 0.478 e. The smallest absolute Gasteiger partial charge is 0.337 e. The van der Waals surface area contributed by atoms with Gasteiger partial charge in [0.05, 0.1) is 11.3 Å². The number of benzene rings is 1. The first-order chi connectivity index (χ1) is 11.6. The topological polar surface area (TPSA) is 87.6 Å². The lowest BCUT2D eigenvalue weighted by atomic mass is 10.1. The molecule has 1 atom stereocenters. The number of likely N-dealkylation sites (N-methyl/N-ethyl adjacent to an activating group) is 1. The number of halogens is 1. The lowest BCUT2D eigenvalue weighted by Crippen LogP contribution is -2.36. The first kappa shape index (κ1) is 19.4. The Morgan fingerprint density at radius 2 is 1.92 bits per heavy atom. The van der Waals surface area contributed by atoms with Crippen LogP contribution in [0, 0.1) is 6.92 Å². The van der Waals surface area contributed by atoms with Crippen molar-refractivity contribution in [3.8, 4) is 0 Å². The predicted molar refractivity (Wildman–Crippen MR) is 95.5 cm³/mol. The minimum absolute atomic E-state index is 0.125. The van der Waals surface area contributed by atoms with E-state index in [9.17, 15) is 13.2 Å². The molecule has 0 saturated carbocycles. The van der Waals surface area contributed by atoms with Gasteiger partial charge in [-0.3, -0.25) is 4.98 Å². The highest BCUT2D eigenvalue weighted by atomic mass is 35.5. The average molecular weight is 383 g/mol. The molecule has 1 aromatic carbocycles. The molecule has 0 saturated heterocycles. The lowest BCUT2D eigenvalue weighted by molar-refractivity contribution is 0.0695. The van der Waals surface area contributed by atoms with E-state index in [1.807, 2.05) is 12.1 Å². The highest BCUT2D eigenvalue weighted by molar-refractivity contribution is 7.89. The summed E-state index contributed by atoms with van der Waals surface area (Å²) in [5.41, 5.74) is 1.09.